The molecule has 100 valence electrons. The third-order valence-corrected chi connectivity index (χ3v) is 3.77. The van der Waals surface area contributed by atoms with E-state index in [0.29, 0.717) is 5.69 Å². The zero-order chi connectivity index (χ0) is 14.0. The Morgan fingerprint density at radius 3 is 2.74 bits per heavy atom. The Morgan fingerprint density at radius 2 is 2.05 bits per heavy atom. The molecule has 0 saturated heterocycles. The lowest BCUT2D eigenvalue weighted by molar-refractivity contribution is -0.110. The second kappa shape index (κ2) is 4.81. The number of hydrogen-bond donors (Lipinski definition) is 2. The molecular formula is C11H12N4O3S. The van der Waals surface area contributed by atoms with E-state index in [1.807, 2.05) is 0 Å². The summed E-state index contributed by atoms with van der Waals surface area (Å²) >= 11 is 0. The minimum atomic E-state index is -3.76. The minimum Gasteiger partial charge on any atom is -0.321 e. The van der Waals surface area contributed by atoms with Crippen LogP contribution >= 0.6 is 0 Å². The van der Waals surface area contributed by atoms with Gasteiger partial charge >= 0.3 is 0 Å². The van der Waals surface area contributed by atoms with Crippen LogP contribution in [0.5, 0.6) is 0 Å². The van der Waals surface area contributed by atoms with Gasteiger partial charge in [-0.2, -0.15) is 0 Å². The molecule has 2 N–H and O–H groups in total. The second-order valence-electron chi connectivity index (χ2n) is 3.83. The molecule has 1 heterocycles. The molecule has 8 heteroatoms. The molecule has 0 spiro atoms. The Bertz CT molecular complexity index is 692. The predicted octanol–water partition coefficient (Wildman–Crippen LogP) is 0.364. The van der Waals surface area contributed by atoms with Crippen LogP contribution in [0.1, 0.15) is 6.92 Å². The van der Waals surface area contributed by atoms with E-state index >= 15 is 0 Å². The van der Waals surface area contributed by atoms with Crippen LogP contribution in [-0.2, 0) is 14.8 Å². The number of fused-ring (bicyclic) bond motifs is 2. The molecule has 1 amide bonds. The molecule has 1 aliphatic rings. The smallest absolute Gasteiger partial charge is 0.269 e. The van der Waals surface area contributed by atoms with Gasteiger partial charge in [0.25, 0.3) is 15.9 Å². The Hall–Kier alpha value is -2.22. The summed E-state index contributed by atoms with van der Waals surface area (Å²) in [7, 11) is -2.38. The first-order valence-electron chi connectivity index (χ1n) is 5.39. The van der Waals surface area contributed by atoms with Crippen LogP contribution in [0.25, 0.3) is 0 Å². The molecule has 1 aromatic carbocycles. The van der Waals surface area contributed by atoms with Crippen LogP contribution in [0.2, 0.25) is 0 Å². The van der Waals surface area contributed by atoms with Gasteiger partial charge in [-0.1, -0.05) is 6.07 Å². The molecule has 0 fully saturated rings. The predicted molar refractivity (Wildman–Crippen MR) is 71.9 cm³/mol. The molecule has 2 rings (SSSR count). The van der Waals surface area contributed by atoms with Crippen molar-refractivity contribution in [3.63, 3.8) is 0 Å². The fraction of sp³-hybridized carbons (Fsp3) is 0.182. The number of benzene rings is 1. The molecule has 1 aromatic rings. The maximum absolute atomic E-state index is 12.1. The number of nitrogens with zero attached hydrogens (tertiary/aromatic N) is 2. The topological polar surface area (TPSA) is 100.0 Å². The number of amides is 1. The Morgan fingerprint density at radius 1 is 1.32 bits per heavy atom. The SMILES string of the molecule is CN=C1N=C(C)C(=O)Nc2cccc(c2)S(=O)(=O)N1. The summed E-state index contributed by atoms with van der Waals surface area (Å²) in [4.78, 5) is 19.4. The highest BCUT2D eigenvalue weighted by atomic mass is 32.2. The molecule has 2 bridgehead atoms. The summed E-state index contributed by atoms with van der Waals surface area (Å²) in [5, 5.41) is 2.57. The Balaban J connectivity index is 2.61. The monoisotopic (exact) mass is 280 g/mol. The van der Waals surface area contributed by atoms with Crippen LogP contribution in [0, 0.1) is 0 Å². The van der Waals surface area contributed by atoms with Gasteiger partial charge in [0.1, 0.15) is 5.71 Å². The van der Waals surface area contributed by atoms with E-state index < -0.39 is 15.9 Å². The van der Waals surface area contributed by atoms with Gasteiger partial charge in [-0.15, -0.1) is 0 Å². The molecular weight excluding hydrogens is 268 g/mol. The summed E-state index contributed by atoms with van der Waals surface area (Å²) in [5.41, 5.74) is 0.495. The number of sulfonamides is 1. The van der Waals surface area contributed by atoms with Crippen LogP contribution in [0.4, 0.5) is 5.69 Å². The van der Waals surface area contributed by atoms with Crippen molar-refractivity contribution >= 4 is 33.3 Å². The van der Waals surface area contributed by atoms with E-state index in [1.54, 1.807) is 12.1 Å². The van der Waals surface area contributed by atoms with Crippen molar-refractivity contribution in [1.29, 1.82) is 0 Å². The van der Waals surface area contributed by atoms with E-state index in [0.717, 1.165) is 0 Å². The van der Waals surface area contributed by atoms with Crippen molar-refractivity contribution in [2.45, 2.75) is 11.8 Å². The third-order valence-electron chi connectivity index (χ3n) is 2.44. The molecule has 0 unspecified atom stereocenters. The van der Waals surface area contributed by atoms with Gasteiger partial charge < -0.3 is 5.32 Å². The number of aliphatic imine (C=N–C) groups is 2. The second-order valence-corrected chi connectivity index (χ2v) is 5.51. The first-order valence-corrected chi connectivity index (χ1v) is 6.87. The van der Waals surface area contributed by atoms with Crippen LogP contribution in [0.3, 0.4) is 0 Å². The highest BCUT2D eigenvalue weighted by Gasteiger charge is 2.19. The van der Waals surface area contributed by atoms with Crippen LogP contribution in [-0.4, -0.2) is 33.0 Å². The zero-order valence-corrected chi connectivity index (χ0v) is 11.2. The summed E-state index contributed by atoms with van der Waals surface area (Å²) in [6, 6.07) is 5.93. The number of carbonyl (C=O) groups excluding carboxylic acids is 1. The maximum atomic E-state index is 12.1. The fourth-order valence-electron chi connectivity index (χ4n) is 1.47. The number of guanidine groups is 1. The van der Waals surface area contributed by atoms with Gasteiger partial charge in [0.15, 0.2) is 0 Å². The van der Waals surface area contributed by atoms with Crippen molar-refractivity contribution in [2.24, 2.45) is 9.98 Å². The average Bonchev–Trinajstić information content (AvgIpc) is 2.37. The Kier molecular flexibility index (Phi) is 3.34. The summed E-state index contributed by atoms with van der Waals surface area (Å²) in [5.74, 6) is -0.556. The van der Waals surface area contributed by atoms with Gasteiger partial charge in [0, 0.05) is 12.7 Å². The van der Waals surface area contributed by atoms with E-state index in [2.05, 4.69) is 20.0 Å². The number of hydrogen-bond acceptors (Lipinski definition) is 4. The maximum Gasteiger partial charge on any atom is 0.269 e. The lowest BCUT2D eigenvalue weighted by Gasteiger charge is -2.12. The molecule has 0 saturated carbocycles. The first kappa shape index (κ1) is 13.2. The lowest BCUT2D eigenvalue weighted by Crippen LogP contribution is -2.32. The summed E-state index contributed by atoms with van der Waals surface area (Å²) in [6.07, 6.45) is 0. The molecule has 7 nitrogen and oxygen atoms in total. The van der Waals surface area contributed by atoms with Crippen molar-refractivity contribution < 1.29 is 13.2 Å². The zero-order valence-electron chi connectivity index (χ0n) is 10.3. The summed E-state index contributed by atoms with van der Waals surface area (Å²) < 4.78 is 26.4. The number of nitrogens with one attached hydrogen (secondary N) is 2. The third kappa shape index (κ3) is 2.79. The molecule has 1 aliphatic heterocycles. The highest BCUT2D eigenvalue weighted by molar-refractivity contribution is 7.90. The van der Waals surface area contributed by atoms with Crippen molar-refractivity contribution in [2.75, 3.05) is 12.4 Å². The standard InChI is InChI=1S/C11H12N4O3S/c1-7-10(16)14-8-4-3-5-9(6-8)19(17,18)15-11(12-2)13-7/h3-6H,1-2H3,(H,12,15)(H,14,16). The highest BCUT2D eigenvalue weighted by Crippen LogP contribution is 2.16. The van der Waals surface area contributed by atoms with Gasteiger partial charge in [0.05, 0.1) is 4.90 Å². The average molecular weight is 280 g/mol. The van der Waals surface area contributed by atoms with Gasteiger partial charge in [-0.05, 0) is 25.1 Å². The molecule has 0 aliphatic carbocycles. The molecule has 0 atom stereocenters. The normalized spacial score (nSPS) is 20.2. The van der Waals surface area contributed by atoms with Crippen LogP contribution < -0.4 is 10.0 Å². The number of carbonyl (C=O) groups is 1. The molecule has 0 aromatic heterocycles. The lowest BCUT2D eigenvalue weighted by atomic mass is 10.3. The van der Waals surface area contributed by atoms with Gasteiger partial charge in [0.2, 0.25) is 5.96 Å². The van der Waals surface area contributed by atoms with Crippen LogP contribution in [0.15, 0.2) is 39.1 Å². The van der Waals surface area contributed by atoms with E-state index in [9.17, 15) is 13.2 Å². The number of anilines is 1. The number of rotatable bonds is 0. The van der Waals surface area contributed by atoms with E-state index in [1.165, 1.54) is 26.1 Å². The minimum absolute atomic E-state index is 0.0289. The van der Waals surface area contributed by atoms with Crippen molar-refractivity contribution in [3.05, 3.63) is 24.3 Å². The first-order chi connectivity index (χ1) is 8.92. The van der Waals surface area contributed by atoms with Gasteiger partial charge in [-0.3, -0.25) is 9.79 Å². The fourth-order valence-corrected chi connectivity index (χ4v) is 2.50. The largest absolute Gasteiger partial charge is 0.321 e. The Labute approximate surface area is 110 Å². The summed E-state index contributed by atoms with van der Waals surface area (Å²) in [6.45, 7) is 1.47. The van der Waals surface area contributed by atoms with E-state index in [4.69, 9.17) is 0 Å². The van der Waals surface area contributed by atoms with Crippen molar-refractivity contribution in [3.8, 4) is 0 Å². The quantitative estimate of drug-likeness (QED) is 0.717. The molecule has 19 heavy (non-hydrogen) atoms. The van der Waals surface area contributed by atoms with Gasteiger partial charge in [-0.25, -0.2) is 18.1 Å². The molecule has 0 radical (unpaired) electrons. The van der Waals surface area contributed by atoms with Crippen molar-refractivity contribution in [1.82, 2.24) is 4.72 Å². The van der Waals surface area contributed by atoms with E-state index in [-0.39, 0.29) is 16.6 Å².